The van der Waals surface area contributed by atoms with Gasteiger partial charge in [-0.25, -0.2) is 4.39 Å². The van der Waals surface area contributed by atoms with Gasteiger partial charge in [-0.05, 0) is 50.1 Å². The number of carbonyl (C=O) groups is 1. The maximum absolute atomic E-state index is 13.9. The van der Waals surface area contributed by atoms with Gasteiger partial charge in [-0.2, -0.15) is 0 Å². The molecule has 1 unspecified atom stereocenters. The van der Waals surface area contributed by atoms with Gasteiger partial charge in [-0.3, -0.25) is 9.78 Å². The number of hydrogen-bond donors (Lipinski definition) is 1. The van der Waals surface area contributed by atoms with Gasteiger partial charge in [0.05, 0.1) is 23.0 Å². The minimum absolute atomic E-state index is 0.227. The number of benzene rings is 2. The smallest absolute Gasteiger partial charge is 0.294 e. The number of fused-ring (bicyclic) bond motifs is 1. The molecule has 1 aliphatic rings. The number of nitrogens with zero attached hydrogens (tertiary/aromatic N) is 1. The summed E-state index contributed by atoms with van der Waals surface area (Å²) >= 11 is 1.41. The van der Waals surface area contributed by atoms with Crippen LogP contribution in [0.25, 0.3) is 16.7 Å². The average Bonchev–Trinajstić information content (AvgIpc) is 3.25. The lowest BCUT2D eigenvalue weighted by atomic mass is 9.83. The summed E-state index contributed by atoms with van der Waals surface area (Å²) in [6.45, 7) is 6.69. The number of rotatable bonds is 6. The van der Waals surface area contributed by atoms with Crippen LogP contribution in [-0.2, 0) is 9.53 Å². The molecule has 0 aliphatic carbocycles. The van der Waals surface area contributed by atoms with Crippen LogP contribution in [0.3, 0.4) is 0 Å². The molecule has 0 saturated heterocycles. The maximum Gasteiger partial charge on any atom is 0.294 e. The molecular weight excluding hydrogens is 415 g/mol. The Kier molecular flexibility index (Phi) is 5.54. The molecule has 0 amide bonds. The van der Waals surface area contributed by atoms with E-state index >= 15 is 0 Å². The molecule has 31 heavy (non-hydrogen) atoms. The molecule has 1 atom stereocenters. The molecule has 5 nitrogen and oxygen atoms in total. The van der Waals surface area contributed by atoms with Crippen molar-refractivity contribution < 1.29 is 18.7 Å². The van der Waals surface area contributed by atoms with E-state index in [0.717, 1.165) is 32.8 Å². The number of aromatic nitrogens is 1. The molecule has 1 N–H and O–H groups in total. The van der Waals surface area contributed by atoms with Crippen LogP contribution in [0, 0.1) is 5.82 Å². The minimum atomic E-state index is -0.670. The van der Waals surface area contributed by atoms with E-state index in [1.165, 1.54) is 30.6 Å². The molecule has 1 aliphatic heterocycles. The van der Waals surface area contributed by atoms with E-state index in [9.17, 15) is 9.18 Å². The third-order valence-electron chi connectivity index (χ3n) is 5.29. The first kappa shape index (κ1) is 21.1. The largest absolute Gasteiger partial charge is 0.496 e. The monoisotopic (exact) mass is 438 g/mol. The fourth-order valence-corrected chi connectivity index (χ4v) is 4.89. The van der Waals surface area contributed by atoms with Crippen molar-refractivity contribution in [2.24, 2.45) is 0 Å². The predicted octanol–water partition coefficient (Wildman–Crippen LogP) is 5.83. The van der Waals surface area contributed by atoms with Gasteiger partial charge in [0, 0.05) is 34.6 Å². The predicted molar refractivity (Wildman–Crippen MR) is 121 cm³/mol. The van der Waals surface area contributed by atoms with E-state index in [0.29, 0.717) is 17.8 Å². The molecule has 2 heterocycles. The molecule has 0 bridgehead atoms. The number of hydrogen-bond acceptors (Lipinski definition) is 6. The zero-order valence-corrected chi connectivity index (χ0v) is 18.5. The second-order valence-corrected chi connectivity index (χ2v) is 8.90. The Balaban J connectivity index is 2.06. The number of nitrogens with one attached hydrogen (secondary N) is 1. The van der Waals surface area contributed by atoms with Gasteiger partial charge >= 0.3 is 0 Å². The van der Waals surface area contributed by atoms with Crippen LogP contribution in [0.1, 0.15) is 42.9 Å². The molecule has 0 fully saturated rings. The lowest BCUT2D eigenvalue weighted by Gasteiger charge is -2.34. The molecule has 4 rings (SSSR count). The second kappa shape index (κ2) is 8.15. The maximum atomic E-state index is 13.9. The molecule has 0 radical (unpaired) electrons. The van der Waals surface area contributed by atoms with Gasteiger partial charge in [0.2, 0.25) is 0 Å². The summed E-state index contributed by atoms with van der Waals surface area (Å²) in [4.78, 5) is 16.5. The van der Waals surface area contributed by atoms with Crippen molar-refractivity contribution in [1.29, 1.82) is 0 Å². The highest BCUT2D eigenvalue weighted by Crippen LogP contribution is 2.47. The van der Waals surface area contributed by atoms with E-state index in [-0.39, 0.29) is 11.4 Å². The van der Waals surface area contributed by atoms with Crippen molar-refractivity contribution >= 4 is 29.1 Å². The fraction of sp³-hybridized carbons (Fsp3) is 0.250. The molecule has 0 saturated carbocycles. The first-order valence-electron chi connectivity index (χ1n) is 9.81. The summed E-state index contributed by atoms with van der Waals surface area (Å²) in [5.41, 5.74) is 6.73. The first-order chi connectivity index (χ1) is 14.8. The number of methoxy groups -OCH3 is 1. The van der Waals surface area contributed by atoms with Crippen LogP contribution in [0.5, 0.6) is 5.75 Å². The zero-order valence-electron chi connectivity index (χ0n) is 17.7. The molecule has 2 aromatic carbocycles. The first-order valence-corrected chi connectivity index (χ1v) is 10.7. The molecular formula is C24H23FN2O3S. The van der Waals surface area contributed by atoms with E-state index in [4.69, 9.17) is 9.47 Å². The third-order valence-corrected chi connectivity index (χ3v) is 6.11. The Morgan fingerprint density at radius 2 is 2.00 bits per heavy atom. The van der Waals surface area contributed by atoms with E-state index in [1.54, 1.807) is 17.8 Å². The topological polar surface area (TPSA) is 60.5 Å². The number of carbonyl (C=O) groups excluding carboxylic acids is 1. The van der Waals surface area contributed by atoms with E-state index < -0.39 is 6.10 Å². The van der Waals surface area contributed by atoms with Gasteiger partial charge < -0.3 is 14.8 Å². The van der Waals surface area contributed by atoms with Crippen molar-refractivity contribution in [2.75, 3.05) is 12.4 Å². The SMILES string of the molecule is COc1cc(F)ccc1-c1ccc2c(c1C(OC=O)c1cncs1)C(C)=CC(C)(C)N2. The number of anilines is 1. The summed E-state index contributed by atoms with van der Waals surface area (Å²) < 4.78 is 25.0. The van der Waals surface area contributed by atoms with Gasteiger partial charge in [0.25, 0.3) is 6.47 Å². The Bertz CT molecular complexity index is 1160. The van der Waals surface area contributed by atoms with E-state index in [2.05, 4.69) is 30.2 Å². The Morgan fingerprint density at radius 3 is 2.68 bits per heavy atom. The second-order valence-electron chi connectivity index (χ2n) is 7.98. The average molecular weight is 439 g/mol. The van der Waals surface area contributed by atoms with E-state index in [1.807, 2.05) is 19.1 Å². The van der Waals surface area contributed by atoms with Crippen molar-refractivity contribution in [2.45, 2.75) is 32.4 Å². The van der Waals surface area contributed by atoms with Crippen molar-refractivity contribution in [3.05, 3.63) is 69.9 Å². The highest BCUT2D eigenvalue weighted by molar-refractivity contribution is 7.09. The van der Waals surface area contributed by atoms with Crippen LogP contribution in [-0.4, -0.2) is 24.1 Å². The van der Waals surface area contributed by atoms with Gasteiger partial charge in [-0.1, -0.05) is 12.1 Å². The van der Waals surface area contributed by atoms with Gasteiger partial charge in [0.1, 0.15) is 11.6 Å². The summed E-state index contributed by atoms with van der Waals surface area (Å²) in [6.07, 6.45) is 3.18. The van der Waals surface area contributed by atoms with Crippen molar-refractivity contribution in [3.63, 3.8) is 0 Å². The zero-order chi connectivity index (χ0) is 22.2. The van der Waals surface area contributed by atoms with Gasteiger partial charge in [-0.15, -0.1) is 11.3 Å². The molecule has 160 valence electrons. The van der Waals surface area contributed by atoms with Crippen LogP contribution >= 0.6 is 11.3 Å². The molecule has 7 heteroatoms. The minimum Gasteiger partial charge on any atom is -0.496 e. The van der Waals surface area contributed by atoms with Gasteiger partial charge in [0.15, 0.2) is 6.10 Å². The number of halogens is 1. The fourth-order valence-electron chi connectivity index (χ4n) is 4.23. The normalized spacial score (nSPS) is 15.3. The Hall–Kier alpha value is -3.19. The lowest BCUT2D eigenvalue weighted by Crippen LogP contribution is -2.32. The summed E-state index contributed by atoms with van der Waals surface area (Å²) in [7, 11) is 1.51. The summed E-state index contributed by atoms with van der Waals surface area (Å²) in [5, 5.41) is 3.54. The Labute approximate surface area is 184 Å². The molecule has 3 aromatic rings. The number of thiazole rings is 1. The lowest BCUT2D eigenvalue weighted by molar-refractivity contribution is -0.132. The number of ether oxygens (including phenoxy) is 2. The van der Waals surface area contributed by atoms with Crippen LogP contribution in [0.15, 0.2) is 48.1 Å². The quantitative estimate of drug-likeness (QED) is 0.491. The standard InChI is InChI=1S/C24H23FN2O3S/c1-14-10-24(2,3)27-18-8-7-17(16-6-5-15(25)9-19(16)29-4)22(21(14)18)23(30-13-28)20-11-26-12-31-20/h5-13,23,27H,1-4H3. The van der Waals surface area contributed by atoms with Crippen LogP contribution < -0.4 is 10.1 Å². The summed E-state index contributed by atoms with van der Waals surface area (Å²) in [6, 6.07) is 8.38. The number of allylic oxidation sites excluding steroid dienone is 1. The highest BCUT2D eigenvalue weighted by atomic mass is 32.1. The van der Waals surface area contributed by atoms with Crippen molar-refractivity contribution in [1.82, 2.24) is 4.98 Å². The molecule has 1 aromatic heterocycles. The summed E-state index contributed by atoms with van der Waals surface area (Å²) in [5.74, 6) is 0.0174. The Morgan fingerprint density at radius 1 is 1.23 bits per heavy atom. The third kappa shape index (κ3) is 3.93. The van der Waals surface area contributed by atoms with Crippen LogP contribution in [0.2, 0.25) is 0 Å². The molecule has 0 spiro atoms. The van der Waals surface area contributed by atoms with Crippen molar-refractivity contribution in [3.8, 4) is 16.9 Å². The van der Waals surface area contributed by atoms with Crippen LogP contribution in [0.4, 0.5) is 10.1 Å². The highest BCUT2D eigenvalue weighted by Gasteiger charge is 2.32.